The van der Waals surface area contributed by atoms with E-state index in [0.29, 0.717) is 19.6 Å². The summed E-state index contributed by atoms with van der Waals surface area (Å²) in [7, 11) is 0. The standard InChI is InChI=1S/C19H24N2O2.ClH/c1-2-20-14-17-10-6-7-11-18(17)21-19(22)12-13-23-15-16-8-4-3-5-9-16;/h3-11,20H,2,12-15H2,1H3,(H,21,22);1H. The monoisotopic (exact) mass is 348 g/mol. The number of carbonyl (C=O) groups is 1. The minimum absolute atomic E-state index is 0. The Morgan fingerprint density at radius 3 is 2.50 bits per heavy atom. The molecule has 0 saturated carbocycles. The molecule has 0 aromatic heterocycles. The summed E-state index contributed by atoms with van der Waals surface area (Å²) in [5.41, 5.74) is 3.07. The molecule has 0 aliphatic carbocycles. The van der Waals surface area contributed by atoms with Crippen LogP contribution in [0.5, 0.6) is 0 Å². The van der Waals surface area contributed by atoms with E-state index in [9.17, 15) is 4.79 Å². The van der Waals surface area contributed by atoms with Gasteiger partial charge in [-0.15, -0.1) is 12.4 Å². The Morgan fingerprint density at radius 2 is 1.75 bits per heavy atom. The Labute approximate surface area is 150 Å². The van der Waals surface area contributed by atoms with Crippen molar-refractivity contribution < 1.29 is 9.53 Å². The highest BCUT2D eigenvalue weighted by Gasteiger charge is 2.06. The molecule has 24 heavy (non-hydrogen) atoms. The molecule has 0 radical (unpaired) electrons. The van der Waals surface area contributed by atoms with Gasteiger partial charge in [0.1, 0.15) is 0 Å². The lowest BCUT2D eigenvalue weighted by atomic mass is 10.1. The van der Waals surface area contributed by atoms with Crippen LogP contribution < -0.4 is 10.6 Å². The number of anilines is 1. The highest BCUT2D eigenvalue weighted by atomic mass is 35.5. The minimum atomic E-state index is -0.0259. The van der Waals surface area contributed by atoms with Crippen LogP contribution in [0.4, 0.5) is 5.69 Å². The normalized spacial score (nSPS) is 10.0. The Balaban J connectivity index is 0.00000288. The van der Waals surface area contributed by atoms with Crippen LogP contribution in [0, 0.1) is 0 Å². The summed E-state index contributed by atoms with van der Waals surface area (Å²) in [6, 6.07) is 17.8. The van der Waals surface area contributed by atoms with Gasteiger partial charge in [0, 0.05) is 12.2 Å². The number of hydrogen-bond donors (Lipinski definition) is 2. The van der Waals surface area contributed by atoms with E-state index in [-0.39, 0.29) is 18.3 Å². The molecule has 0 unspecified atom stereocenters. The summed E-state index contributed by atoms with van der Waals surface area (Å²) in [6.45, 7) is 4.65. The second-order valence-electron chi connectivity index (χ2n) is 5.27. The van der Waals surface area contributed by atoms with E-state index in [0.717, 1.165) is 29.9 Å². The molecule has 2 rings (SSSR count). The molecule has 5 heteroatoms. The second kappa shape index (κ2) is 11.6. The van der Waals surface area contributed by atoms with Crippen LogP contribution in [0.1, 0.15) is 24.5 Å². The van der Waals surface area contributed by atoms with Gasteiger partial charge in [0.15, 0.2) is 0 Å². The Bertz CT molecular complexity index is 605. The number of para-hydroxylation sites is 1. The largest absolute Gasteiger partial charge is 0.376 e. The molecule has 4 nitrogen and oxygen atoms in total. The van der Waals surface area contributed by atoms with E-state index in [1.807, 2.05) is 54.6 Å². The molecule has 0 atom stereocenters. The summed E-state index contributed by atoms with van der Waals surface area (Å²) in [4.78, 5) is 12.0. The lowest BCUT2D eigenvalue weighted by Crippen LogP contribution is -2.18. The van der Waals surface area contributed by atoms with Gasteiger partial charge in [-0.1, -0.05) is 55.5 Å². The molecule has 130 valence electrons. The fraction of sp³-hybridized carbons (Fsp3) is 0.316. The molecule has 2 aromatic rings. The van der Waals surface area contributed by atoms with E-state index in [4.69, 9.17) is 4.74 Å². The second-order valence-corrected chi connectivity index (χ2v) is 5.27. The van der Waals surface area contributed by atoms with Crippen LogP contribution >= 0.6 is 12.4 Å². The SMILES string of the molecule is CCNCc1ccccc1NC(=O)CCOCc1ccccc1.Cl. The summed E-state index contributed by atoms with van der Waals surface area (Å²) in [6.07, 6.45) is 0.350. The Morgan fingerprint density at radius 1 is 1.04 bits per heavy atom. The average molecular weight is 349 g/mol. The molecular formula is C19H25ClN2O2. The van der Waals surface area contributed by atoms with Crippen molar-refractivity contribution in [2.24, 2.45) is 0 Å². The van der Waals surface area contributed by atoms with E-state index >= 15 is 0 Å². The van der Waals surface area contributed by atoms with Gasteiger partial charge in [-0.05, 0) is 23.7 Å². The molecule has 1 amide bonds. The van der Waals surface area contributed by atoms with Crippen molar-refractivity contribution >= 4 is 24.0 Å². The summed E-state index contributed by atoms with van der Waals surface area (Å²) >= 11 is 0. The highest BCUT2D eigenvalue weighted by Crippen LogP contribution is 2.15. The number of rotatable bonds is 9. The molecule has 2 N–H and O–H groups in total. The predicted molar refractivity (Wildman–Crippen MR) is 100 cm³/mol. The molecule has 0 heterocycles. The van der Waals surface area contributed by atoms with E-state index < -0.39 is 0 Å². The zero-order valence-electron chi connectivity index (χ0n) is 14.0. The molecule has 2 aromatic carbocycles. The Hall–Kier alpha value is -1.88. The summed E-state index contributed by atoms with van der Waals surface area (Å²) in [5, 5.41) is 6.23. The van der Waals surface area contributed by atoms with Gasteiger partial charge in [0.05, 0.1) is 19.6 Å². The minimum Gasteiger partial charge on any atom is -0.376 e. The zero-order chi connectivity index (χ0) is 16.3. The van der Waals surface area contributed by atoms with E-state index in [2.05, 4.69) is 17.6 Å². The first-order chi connectivity index (χ1) is 11.3. The third kappa shape index (κ3) is 7.13. The number of carbonyl (C=O) groups excluding carboxylic acids is 1. The van der Waals surface area contributed by atoms with Crippen molar-refractivity contribution in [2.75, 3.05) is 18.5 Å². The maximum Gasteiger partial charge on any atom is 0.226 e. The quantitative estimate of drug-likeness (QED) is 0.678. The maximum absolute atomic E-state index is 12.0. The van der Waals surface area contributed by atoms with Crippen molar-refractivity contribution in [3.8, 4) is 0 Å². The van der Waals surface area contributed by atoms with Gasteiger partial charge >= 0.3 is 0 Å². The molecule has 0 spiro atoms. The van der Waals surface area contributed by atoms with E-state index in [1.165, 1.54) is 0 Å². The number of halogens is 1. The third-order valence-corrected chi connectivity index (χ3v) is 3.44. The summed E-state index contributed by atoms with van der Waals surface area (Å²) < 4.78 is 5.55. The molecule has 0 bridgehead atoms. The predicted octanol–water partition coefficient (Wildman–Crippen LogP) is 3.76. The molecule has 0 aliphatic heterocycles. The average Bonchev–Trinajstić information content (AvgIpc) is 2.59. The van der Waals surface area contributed by atoms with Crippen LogP contribution in [-0.4, -0.2) is 19.1 Å². The molecule has 0 fully saturated rings. The smallest absolute Gasteiger partial charge is 0.226 e. The van der Waals surface area contributed by atoms with Gasteiger partial charge in [0.25, 0.3) is 0 Å². The fourth-order valence-electron chi connectivity index (χ4n) is 2.20. The highest BCUT2D eigenvalue weighted by molar-refractivity contribution is 5.91. The van der Waals surface area contributed by atoms with Crippen LogP contribution in [0.2, 0.25) is 0 Å². The van der Waals surface area contributed by atoms with E-state index in [1.54, 1.807) is 0 Å². The molecule has 0 saturated heterocycles. The third-order valence-electron chi connectivity index (χ3n) is 3.44. The number of amides is 1. The topological polar surface area (TPSA) is 50.4 Å². The maximum atomic E-state index is 12.0. The Kier molecular flexibility index (Phi) is 9.77. The van der Waals surface area contributed by atoms with Gasteiger partial charge < -0.3 is 15.4 Å². The zero-order valence-corrected chi connectivity index (χ0v) is 14.8. The van der Waals surface area contributed by atoms with Gasteiger partial charge in [0.2, 0.25) is 5.91 Å². The van der Waals surface area contributed by atoms with Gasteiger partial charge in [-0.3, -0.25) is 4.79 Å². The first-order valence-electron chi connectivity index (χ1n) is 7.99. The number of nitrogens with one attached hydrogen (secondary N) is 2. The van der Waals surface area contributed by atoms with Crippen LogP contribution in [0.25, 0.3) is 0 Å². The lowest BCUT2D eigenvalue weighted by Gasteiger charge is -2.11. The van der Waals surface area contributed by atoms with Crippen molar-refractivity contribution in [1.29, 1.82) is 0 Å². The molecular weight excluding hydrogens is 324 g/mol. The van der Waals surface area contributed by atoms with Crippen molar-refractivity contribution in [3.63, 3.8) is 0 Å². The first-order valence-corrected chi connectivity index (χ1v) is 7.99. The summed E-state index contributed by atoms with van der Waals surface area (Å²) in [5.74, 6) is -0.0259. The van der Waals surface area contributed by atoms with Crippen LogP contribution in [0.3, 0.4) is 0 Å². The van der Waals surface area contributed by atoms with Gasteiger partial charge in [-0.25, -0.2) is 0 Å². The number of hydrogen-bond acceptors (Lipinski definition) is 3. The number of ether oxygens (including phenoxy) is 1. The van der Waals surface area contributed by atoms with Crippen LogP contribution in [-0.2, 0) is 22.7 Å². The fourth-order valence-corrected chi connectivity index (χ4v) is 2.20. The molecule has 0 aliphatic rings. The van der Waals surface area contributed by atoms with Crippen molar-refractivity contribution in [3.05, 3.63) is 65.7 Å². The van der Waals surface area contributed by atoms with Crippen molar-refractivity contribution in [2.45, 2.75) is 26.5 Å². The van der Waals surface area contributed by atoms with Gasteiger partial charge in [-0.2, -0.15) is 0 Å². The van der Waals surface area contributed by atoms with Crippen molar-refractivity contribution in [1.82, 2.24) is 5.32 Å². The number of benzene rings is 2. The van der Waals surface area contributed by atoms with Crippen LogP contribution in [0.15, 0.2) is 54.6 Å². The first kappa shape index (κ1) is 20.2. The lowest BCUT2D eigenvalue weighted by molar-refractivity contribution is -0.117.